The maximum Gasteiger partial charge on any atom is 0.251 e. The van der Waals surface area contributed by atoms with Crippen LogP contribution in [0.15, 0.2) is 47.4 Å². The largest absolute Gasteiger partial charge is 0.491 e. The number of nitrogens with one attached hydrogen (secondary N) is 1. The highest BCUT2D eigenvalue weighted by atomic mass is 35.5. The van der Waals surface area contributed by atoms with Crippen LogP contribution in [0, 0.1) is 0 Å². The smallest absolute Gasteiger partial charge is 0.251 e. The molecule has 6 nitrogen and oxygen atoms in total. The standard InChI is InChI=1S/C21H25ClN2O4S/c1-15(2)28-18-8-5-16(6-9-18)14-23-21(25)17-7-10-19(22)20(13-17)29(26,27)24-11-3-4-12-24/h5-10,13,15H,3-4,11-12,14H2,1-2H3,(H,23,25). The zero-order chi connectivity index (χ0) is 21.0. The number of halogens is 1. The fourth-order valence-electron chi connectivity index (χ4n) is 3.15. The average Bonchev–Trinajstić information content (AvgIpc) is 3.23. The molecule has 1 amide bonds. The highest BCUT2D eigenvalue weighted by Crippen LogP contribution is 2.28. The summed E-state index contributed by atoms with van der Waals surface area (Å²) >= 11 is 6.14. The van der Waals surface area contributed by atoms with Crippen molar-refractivity contribution in [3.8, 4) is 5.75 Å². The van der Waals surface area contributed by atoms with Crippen molar-refractivity contribution in [1.82, 2.24) is 9.62 Å². The molecule has 8 heteroatoms. The van der Waals surface area contributed by atoms with E-state index >= 15 is 0 Å². The molecule has 1 aliphatic rings. The van der Waals surface area contributed by atoms with E-state index in [1.54, 1.807) is 0 Å². The summed E-state index contributed by atoms with van der Waals surface area (Å²) in [5.41, 5.74) is 1.17. The van der Waals surface area contributed by atoms with Gasteiger partial charge in [-0.15, -0.1) is 0 Å². The molecule has 3 rings (SSSR count). The fourth-order valence-corrected chi connectivity index (χ4v) is 5.17. The second-order valence-corrected chi connectivity index (χ2v) is 9.56. The lowest BCUT2D eigenvalue weighted by Crippen LogP contribution is -2.29. The van der Waals surface area contributed by atoms with Gasteiger partial charge < -0.3 is 10.1 Å². The number of ether oxygens (including phenoxy) is 1. The van der Waals surface area contributed by atoms with E-state index < -0.39 is 10.0 Å². The Morgan fingerprint density at radius 1 is 1.14 bits per heavy atom. The average molecular weight is 437 g/mol. The van der Waals surface area contributed by atoms with Crippen LogP contribution >= 0.6 is 11.6 Å². The van der Waals surface area contributed by atoms with Crippen molar-refractivity contribution in [2.24, 2.45) is 0 Å². The van der Waals surface area contributed by atoms with Crippen molar-refractivity contribution < 1.29 is 17.9 Å². The van der Waals surface area contributed by atoms with Crippen molar-refractivity contribution in [2.45, 2.75) is 44.2 Å². The van der Waals surface area contributed by atoms with Crippen LogP contribution in [0.3, 0.4) is 0 Å². The van der Waals surface area contributed by atoms with Gasteiger partial charge in [0.25, 0.3) is 5.91 Å². The van der Waals surface area contributed by atoms with Crippen LogP contribution < -0.4 is 10.1 Å². The molecular weight excluding hydrogens is 412 g/mol. The SMILES string of the molecule is CC(C)Oc1ccc(CNC(=O)c2ccc(Cl)c(S(=O)(=O)N3CCCC3)c2)cc1. The third-order valence-corrected chi connectivity index (χ3v) is 7.00. The Morgan fingerprint density at radius 2 is 1.79 bits per heavy atom. The number of hydrogen-bond donors (Lipinski definition) is 1. The van der Waals surface area contributed by atoms with Crippen LogP contribution in [0.5, 0.6) is 5.75 Å². The van der Waals surface area contributed by atoms with Crippen LogP contribution in [0.4, 0.5) is 0 Å². The van der Waals surface area contributed by atoms with E-state index in [2.05, 4.69) is 5.32 Å². The molecule has 2 aromatic carbocycles. The summed E-state index contributed by atoms with van der Waals surface area (Å²) in [4.78, 5) is 12.5. The summed E-state index contributed by atoms with van der Waals surface area (Å²) < 4.78 is 32.6. The molecule has 1 aliphatic heterocycles. The van der Waals surface area contributed by atoms with Crippen molar-refractivity contribution in [1.29, 1.82) is 0 Å². The summed E-state index contributed by atoms with van der Waals surface area (Å²) in [7, 11) is -3.70. The summed E-state index contributed by atoms with van der Waals surface area (Å²) in [6, 6.07) is 11.8. The molecule has 1 N–H and O–H groups in total. The van der Waals surface area contributed by atoms with Crippen LogP contribution in [-0.2, 0) is 16.6 Å². The van der Waals surface area contributed by atoms with E-state index in [4.69, 9.17) is 16.3 Å². The van der Waals surface area contributed by atoms with Gasteiger partial charge in [-0.3, -0.25) is 4.79 Å². The van der Waals surface area contributed by atoms with E-state index in [-0.39, 0.29) is 27.5 Å². The normalized spacial score (nSPS) is 14.9. The molecule has 1 heterocycles. The van der Waals surface area contributed by atoms with Crippen LogP contribution in [0.1, 0.15) is 42.6 Å². The van der Waals surface area contributed by atoms with Gasteiger partial charge in [-0.1, -0.05) is 23.7 Å². The van der Waals surface area contributed by atoms with Crippen molar-refractivity contribution in [3.63, 3.8) is 0 Å². The molecule has 0 radical (unpaired) electrons. The molecule has 0 aliphatic carbocycles. The van der Waals surface area contributed by atoms with Gasteiger partial charge in [0.15, 0.2) is 0 Å². The molecule has 29 heavy (non-hydrogen) atoms. The predicted molar refractivity (Wildman–Crippen MR) is 113 cm³/mol. The number of sulfonamides is 1. The minimum absolute atomic E-state index is 0.0242. The van der Waals surface area contributed by atoms with E-state index in [0.717, 1.165) is 24.2 Å². The summed E-state index contributed by atoms with van der Waals surface area (Å²) in [5, 5.41) is 2.93. The highest BCUT2D eigenvalue weighted by Gasteiger charge is 2.29. The molecule has 0 spiro atoms. The molecule has 0 unspecified atom stereocenters. The quantitative estimate of drug-likeness (QED) is 0.715. The zero-order valence-electron chi connectivity index (χ0n) is 16.5. The summed E-state index contributed by atoms with van der Waals surface area (Å²) in [5.74, 6) is 0.409. The van der Waals surface area contributed by atoms with Gasteiger partial charge in [-0.25, -0.2) is 8.42 Å². The molecule has 1 saturated heterocycles. The van der Waals surface area contributed by atoms with E-state index in [9.17, 15) is 13.2 Å². The molecule has 0 bridgehead atoms. The van der Waals surface area contributed by atoms with Crippen molar-refractivity contribution in [2.75, 3.05) is 13.1 Å². The molecule has 156 valence electrons. The Balaban J connectivity index is 1.70. The first-order valence-corrected chi connectivity index (χ1v) is 11.4. The predicted octanol–water partition coefficient (Wildman–Crippen LogP) is 3.84. The number of rotatable bonds is 7. The number of amides is 1. The zero-order valence-corrected chi connectivity index (χ0v) is 18.1. The van der Waals surface area contributed by atoms with Gasteiger partial charge in [0.1, 0.15) is 10.6 Å². The van der Waals surface area contributed by atoms with Gasteiger partial charge >= 0.3 is 0 Å². The lowest BCUT2D eigenvalue weighted by atomic mass is 10.2. The second-order valence-electron chi connectivity index (χ2n) is 7.25. The Kier molecular flexibility index (Phi) is 6.82. The van der Waals surface area contributed by atoms with Crippen molar-refractivity contribution in [3.05, 3.63) is 58.6 Å². The molecule has 1 fully saturated rings. The van der Waals surface area contributed by atoms with Crippen LogP contribution in [0.25, 0.3) is 0 Å². The third-order valence-electron chi connectivity index (χ3n) is 4.62. The summed E-state index contributed by atoms with van der Waals surface area (Å²) in [6.45, 7) is 5.19. The minimum Gasteiger partial charge on any atom is -0.491 e. The van der Waals surface area contributed by atoms with E-state index in [1.165, 1.54) is 22.5 Å². The van der Waals surface area contributed by atoms with Gasteiger partial charge in [-0.05, 0) is 62.6 Å². The number of benzene rings is 2. The first-order chi connectivity index (χ1) is 13.8. The lowest BCUT2D eigenvalue weighted by molar-refractivity contribution is 0.0950. The first-order valence-electron chi connectivity index (χ1n) is 9.61. The number of nitrogens with zero attached hydrogens (tertiary/aromatic N) is 1. The lowest BCUT2D eigenvalue weighted by Gasteiger charge is -2.17. The minimum atomic E-state index is -3.70. The fraction of sp³-hybridized carbons (Fsp3) is 0.381. The molecule has 0 saturated carbocycles. The van der Waals surface area contributed by atoms with Crippen LogP contribution in [0.2, 0.25) is 5.02 Å². The molecule has 0 aromatic heterocycles. The molecule has 2 aromatic rings. The Hall–Kier alpha value is -2.09. The first kappa shape index (κ1) is 21.6. The maximum absolute atomic E-state index is 12.8. The topological polar surface area (TPSA) is 75.7 Å². The number of carbonyl (C=O) groups is 1. The van der Waals surface area contributed by atoms with Gasteiger partial charge in [0.2, 0.25) is 10.0 Å². The van der Waals surface area contributed by atoms with Crippen LogP contribution in [-0.4, -0.2) is 37.8 Å². The Labute approximate surface area is 176 Å². The Morgan fingerprint density at radius 3 is 2.41 bits per heavy atom. The highest BCUT2D eigenvalue weighted by molar-refractivity contribution is 7.89. The molecule has 0 atom stereocenters. The third kappa shape index (κ3) is 5.29. The monoisotopic (exact) mass is 436 g/mol. The van der Waals surface area contributed by atoms with Crippen molar-refractivity contribution >= 4 is 27.5 Å². The molecular formula is C21H25ClN2O4S. The van der Waals surface area contributed by atoms with Gasteiger partial charge in [0.05, 0.1) is 11.1 Å². The van der Waals surface area contributed by atoms with E-state index in [1.807, 2.05) is 38.1 Å². The van der Waals surface area contributed by atoms with E-state index in [0.29, 0.717) is 19.6 Å². The summed E-state index contributed by atoms with van der Waals surface area (Å²) in [6.07, 6.45) is 1.76. The Bertz CT molecular complexity index is 969. The number of hydrogen-bond acceptors (Lipinski definition) is 4. The van der Waals surface area contributed by atoms with Gasteiger partial charge in [0, 0.05) is 25.2 Å². The van der Waals surface area contributed by atoms with Gasteiger partial charge in [-0.2, -0.15) is 4.31 Å². The second kappa shape index (κ2) is 9.15. The maximum atomic E-state index is 12.8. The number of carbonyl (C=O) groups excluding carboxylic acids is 1.